The first kappa shape index (κ1) is 45.0. The number of pyridine rings is 1. The van der Waals surface area contributed by atoms with Crippen molar-refractivity contribution < 1.29 is 43.5 Å². The number of aromatic nitrogens is 1. The van der Waals surface area contributed by atoms with Gasteiger partial charge in [0.2, 0.25) is 0 Å². The Balaban J connectivity index is 1.64. The molecule has 0 amide bonds. The summed E-state index contributed by atoms with van der Waals surface area (Å²) in [5.41, 5.74) is -0.145. The van der Waals surface area contributed by atoms with Crippen molar-refractivity contribution in [2.75, 3.05) is 40.9 Å². The van der Waals surface area contributed by atoms with Crippen molar-refractivity contribution in [1.29, 1.82) is 0 Å². The number of ether oxygens (including phenoxy) is 5. The first-order chi connectivity index (χ1) is 26.9. The maximum atomic E-state index is 14.5. The molecule has 4 aliphatic heterocycles. The number of nitrogens with zero attached hydrogens (tertiary/aromatic N) is 3. The van der Waals surface area contributed by atoms with Crippen LogP contribution >= 0.6 is 0 Å². The van der Waals surface area contributed by atoms with E-state index in [2.05, 4.69) is 22.9 Å². The molecule has 0 aliphatic carbocycles. The van der Waals surface area contributed by atoms with Gasteiger partial charge in [0.05, 0.1) is 36.5 Å². The number of likely N-dealkylation sites (N-methyl/N-ethyl adjacent to an activating group) is 2. The van der Waals surface area contributed by atoms with Gasteiger partial charge in [-0.1, -0.05) is 57.2 Å². The van der Waals surface area contributed by atoms with Gasteiger partial charge in [-0.3, -0.25) is 14.6 Å². The molecular formula is C45H67N3O9. The average Bonchev–Trinajstić information content (AvgIpc) is 3.16. The van der Waals surface area contributed by atoms with Gasteiger partial charge in [0.1, 0.15) is 29.8 Å². The molecule has 4 fully saturated rings. The summed E-state index contributed by atoms with van der Waals surface area (Å²) in [5.74, 6) is -3.19. The van der Waals surface area contributed by atoms with Crippen LogP contribution in [0.15, 0.2) is 54.3 Å². The molecule has 2 aromatic rings. The highest BCUT2D eigenvalue weighted by Crippen LogP contribution is 2.39. The zero-order chi connectivity index (χ0) is 41.8. The smallest absolute Gasteiger partial charge is 0.316 e. The molecular weight excluding hydrogens is 727 g/mol. The van der Waals surface area contributed by atoms with Crippen LogP contribution in [0.5, 0.6) is 0 Å². The Labute approximate surface area is 339 Å². The summed E-state index contributed by atoms with van der Waals surface area (Å²) >= 11 is 0. The monoisotopic (exact) mass is 793 g/mol. The van der Waals surface area contributed by atoms with E-state index in [4.69, 9.17) is 23.7 Å². The fourth-order valence-electron chi connectivity index (χ4n) is 9.06. The van der Waals surface area contributed by atoms with Crippen molar-refractivity contribution in [1.82, 2.24) is 14.8 Å². The van der Waals surface area contributed by atoms with Gasteiger partial charge >= 0.3 is 5.97 Å². The number of carbonyl (C=O) groups is 2. The second kappa shape index (κ2) is 18.9. The number of rotatable bonds is 6. The van der Waals surface area contributed by atoms with Crippen LogP contribution in [0.1, 0.15) is 80.2 Å². The van der Waals surface area contributed by atoms with E-state index < -0.39 is 65.5 Å². The van der Waals surface area contributed by atoms with Crippen molar-refractivity contribution in [3.8, 4) is 0 Å². The number of allylic oxidation sites excluding steroid dienone is 2. The van der Waals surface area contributed by atoms with Gasteiger partial charge in [0, 0.05) is 36.1 Å². The molecule has 12 nitrogen and oxygen atoms in total. The van der Waals surface area contributed by atoms with Gasteiger partial charge in [-0.25, -0.2) is 0 Å². The fraction of sp³-hybridized carbons (Fsp3) is 0.667. The molecule has 4 aliphatic rings. The second-order valence-corrected chi connectivity index (χ2v) is 17.6. The van der Waals surface area contributed by atoms with Crippen molar-refractivity contribution in [3.63, 3.8) is 0 Å². The Hall–Kier alpha value is -3.07. The lowest BCUT2D eigenvalue weighted by molar-refractivity contribution is -0.297. The third kappa shape index (κ3) is 10.4. The normalized spacial score (nSPS) is 39.1. The van der Waals surface area contributed by atoms with Gasteiger partial charge in [-0.15, -0.1) is 0 Å². The molecule has 0 radical (unpaired) electrons. The highest BCUT2D eigenvalue weighted by molar-refractivity contribution is 6.00. The van der Waals surface area contributed by atoms with Crippen molar-refractivity contribution in [2.24, 2.45) is 17.8 Å². The minimum atomic E-state index is -1.63. The second-order valence-electron chi connectivity index (χ2n) is 17.6. The number of hydrogen-bond acceptors (Lipinski definition) is 12. The maximum Gasteiger partial charge on any atom is 0.316 e. The number of benzene rings is 1. The molecule has 2 N–H and O–H groups in total. The summed E-state index contributed by atoms with van der Waals surface area (Å²) < 4.78 is 32.9. The highest BCUT2D eigenvalue weighted by Gasteiger charge is 2.51. The number of Topliss-reactive ketones (excluding diaryl/α,β-unsaturated/α-hetero) is 1. The van der Waals surface area contributed by atoms with Crippen LogP contribution in [0.2, 0.25) is 0 Å². The minimum Gasteiger partial charge on any atom is -0.459 e. The number of fused-ring (bicyclic) bond motifs is 16. The topological polar surface area (TPSA) is 140 Å². The Morgan fingerprint density at radius 2 is 1.81 bits per heavy atom. The largest absolute Gasteiger partial charge is 0.459 e. The Morgan fingerprint density at radius 1 is 1.09 bits per heavy atom. The van der Waals surface area contributed by atoms with Gasteiger partial charge < -0.3 is 43.7 Å². The summed E-state index contributed by atoms with van der Waals surface area (Å²) in [7, 11) is 5.82. The first-order valence-electron chi connectivity index (χ1n) is 20.6. The molecule has 4 saturated heterocycles. The molecule has 316 valence electrons. The number of para-hydroxylation sites is 1. The van der Waals surface area contributed by atoms with Crippen molar-refractivity contribution in [3.05, 3.63) is 59.8 Å². The van der Waals surface area contributed by atoms with Gasteiger partial charge in [0.25, 0.3) is 0 Å². The molecule has 1 aromatic carbocycles. The highest BCUT2D eigenvalue weighted by atomic mass is 16.7. The van der Waals surface area contributed by atoms with Gasteiger partial charge in [-0.2, -0.15) is 0 Å². The van der Waals surface area contributed by atoms with Crippen LogP contribution < -0.4 is 0 Å². The van der Waals surface area contributed by atoms with E-state index in [-0.39, 0.29) is 37.3 Å². The number of ketones is 1. The number of esters is 1. The third-order valence-electron chi connectivity index (χ3n) is 12.5. The van der Waals surface area contributed by atoms with E-state index >= 15 is 0 Å². The predicted molar refractivity (Wildman–Crippen MR) is 220 cm³/mol. The summed E-state index contributed by atoms with van der Waals surface area (Å²) in [6, 6.07) is 9.47. The molecule has 12 heteroatoms. The molecule has 1 unspecified atom stereocenters. The molecule has 1 aromatic heterocycles. The number of hydrogen-bond donors (Lipinski definition) is 2. The summed E-state index contributed by atoms with van der Waals surface area (Å²) in [4.78, 5) is 37.1. The summed E-state index contributed by atoms with van der Waals surface area (Å²) in [6.45, 7) is 15.6. The summed E-state index contributed by atoms with van der Waals surface area (Å²) in [6.07, 6.45) is 4.02. The molecule has 2 bridgehead atoms. The van der Waals surface area contributed by atoms with Crippen LogP contribution in [0.4, 0.5) is 0 Å². The van der Waals surface area contributed by atoms with Crippen LogP contribution in [-0.4, -0.2) is 138 Å². The molecule has 0 saturated carbocycles. The Morgan fingerprint density at radius 3 is 2.51 bits per heavy atom. The van der Waals surface area contributed by atoms with E-state index in [1.54, 1.807) is 13.8 Å². The Kier molecular flexibility index (Phi) is 14.9. The molecule has 6 rings (SSSR count). The average molecular weight is 794 g/mol. The number of carbonyl (C=O) groups excluding carboxylic acids is 2. The van der Waals surface area contributed by atoms with Crippen molar-refractivity contribution in [2.45, 2.75) is 135 Å². The number of aliphatic hydroxyl groups excluding tert-OH is 1. The van der Waals surface area contributed by atoms with Gasteiger partial charge in [0.15, 0.2) is 12.1 Å². The van der Waals surface area contributed by atoms with Gasteiger partial charge in [-0.05, 0) is 104 Å². The quantitative estimate of drug-likeness (QED) is 0.285. The number of aliphatic hydroxyl groups is 2. The lowest BCUT2D eigenvalue weighted by Gasteiger charge is -2.48. The molecule has 13 atom stereocenters. The van der Waals surface area contributed by atoms with Crippen molar-refractivity contribution >= 4 is 28.7 Å². The zero-order valence-corrected chi connectivity index (χ0v) is 35.9. The first-order valence-corrected chi connectivity index (χ1v) is 20.6. The van der Waals surface area contributed by atoms with Crippen LogP contribution in [0.3, 0.4) is 0 Å². The van der Waals surface area contributed by atoms with E-state index in [0.29, 0.717) is 25.8 Å². The van der Waals surface area contributed by atoms with E-state index in [1.165, 1.54) is 6.92 Å². The van der Waals surface area contributed by atoms with Crippen LogP contribution in [0.25, 0.3) is 17.0 Å². The SMILES string of the molecule is CC[C@H]1OC(=O)C(C)C(=O)[C@H](C)[C@@H](O[C@@H]2O[C@H](C)C[C@H](N(C)C)[C@H]2O)[C@@]2(C)C[C@@H](C)CN(C)[C@H](C)[C@H](OC/C(=C/C=C/c3cnc4ccccc4c3)CO2)[C@]1(C)O. The minimum absolute atomic E-state index is 0.00153. The molecule has 57 heavy (non-hydrogen) atoms. The van der Waals surface area contributed by atoms with Crippen LogP contribution in [0, 0.1) is 17.8 Å². The Bertz CT molecular complexity index is 1750. The molecule has 5 heterocycles. The zero-order valence-electron chi connectivity index (χ0n) is 35.9. The van der Waals surface area contributed by atoms with E-state index in [0.717, 1.165) is 22.0 Å². The third-order valence-corrected chi connectivity index (χ3v) is 12.5. The lowest BCUT2D eigenvalue weighted by Crippen LogP contribution is -2.60. The maximum absolute atomic E-state index is 14.5. The van der Waals surface area contributed by atoms with Crippen LogP contribution in [-0.2, 0) is 33.3 Å². The van der Waals surface area contributed by atoms with E-state index in [1.807, 2.05) is 102 Å². The lowest BCUT2D eigenvalue weighted by atomic mass is 9.78. The molecule has 0 spiro atoms. The standard InChI is InChI=1S/C45H67N3O9/c1-12-37-45(8,52)41-31(6)48(11)24-27(2)22-44(7,54-26-33(25-53-41)17-15-16-32-21-34-18-13-14-19-35(34)46-23-32)40(29(4)38(49)30(5)42(51)56-37)57-43-39(50)36(47(9)10)20-28(3)55-43/h13-19,21,23,27-31,36-37,39-41,43,50,52H,12,20,22,24-26H2,1-11H3/b16-15+,33-17-/t27-,28-,29+,30?,31-,36+,37-,39-,40-,41+,43+,44-,45-/m1/s1. The fourth-order valence-corrected chi connectivity index (χ4v) is 9.06. The summed E-state index contributed by atoms with van der Waals surface area (Å²) in [5, 5.41) is 25.0. The predicted octanol–water partition coefficient (Wildman–Crippen LogP) is 5.43. The van der Waals surface area contributed by atoms with E-state index in [9.17, 15) is 19.8 Å².